The molecule has 0 aromatic rings. The highest BCUT2D eigenvalue weighted by Gasteiger charge is 2.27. The predicted octanol–water partition coefficient (Wildman–Crippen LogP) is 1.36. The molecule has 1 saturated carbocycles. The topological polar surface area (TPSA) is 33.7 Å². The normalized spacial score (nSPS) is 24.0. The molecule has 0 bridgehead atoms. The summed E-state index contributed by atoms with van der Waals surface area (Å²) in [6, 6.07) is 0.706. The Balaban J connectivity index is 2.33. The number of nitrogens with zero attached hydrogens (tertiary/aromatic N) is 1. The predicted molar refractivity (Wildman–Crippen MR) is 75.0 cm³/mol. The van der Waals surface area contributed by atoms with E-state index in [9.17, 15) is 0 Å². The molecule has 1 aliphatic rings. The Morgan fingerprint density at radius 1 is 1.11 bits per heavy atom. The molecule has 0 saturated heterocycles. The summed E-state index contributed by atoms with van der Waals surface area (Å²) in [5.41, 5.74) is 0. The minimum absolute atomic E-state index is 0.706. The Hall–Kier alpha value is -0.160. The summed E-state index contributed by atoms with van der Waals surface area (Å²) in [6.45, 7) is 5.02. The maximum absolute atomic E-state index is 5.21. The van der Waals surface area contributed by atoms with E-state index in [4.69, 9.17) is 9.47 Å². The monoisotopic (exact) mass is 258 g/mol. The Bertz CT molecular complexity index is 202. The van der Waals surface area contributed by atoms with E-state index in [2.05, 4.69) is 17.3 Å². The maximum Gasteiger partial charge on any atom is 0.0589 e. The first kappa shape index (κ1) is 15.9. The lowest BCUT2D eigenvalue weighted by molar-refractivity contribution is 0.119. The molecule has 108 valence electrons. The number of ether oxygens (including phenoxy) is 2. The number of nitrogens with one attached hydrogen (secondary N) is 1. The van der Waals surface area contributed by atoms with Crippen LogP contribution in [0.4, 0.5) is 0 Å². The van der Waals surface area contributed by atoms with E-state index >= 15 is 0 Å². The van der Waals surface area contributed by atoms with E-state index in [1.54, 1.807) is 14.2 Å². The van der Waals surface area contributed by atoms with Gasteiger partial charge in [-0.15, -0.1) is 0 Å². The van der Waals surface area contributed by atoms with E-state index in [0.717, 1.165) is 38.6 Å². The average Bonchev–Trinajstić information content (AvgIpc) is 2.83. The lowest BCUT2D eigenvalue weighted by Gasteiger charge is -2.28. The Morgan fingerprint density at radius 2 is 1.89 bits per heavy atom. The summed E-state index contributed by atoms with van der Waals surface area (Å²) in [5.74, 6) is 0.800. The van der Waals surface area contributed by atoms with Gasteiger partial charge in [-0.2, -0.15) is 0 Å². The molecule has 0 aromatic carbocycles. The van der Waals surface area contributed by atoms with Gasteiger partial charge >= 0.3 is 0 Å². The summed E-state index contributed by atoms with van der Waals surface area (Å²) in [6.07, 6.45) is 5.17. The first-order valence-electron chi connectivity index (χ1n) is 7.19. The minimum atomic E-state index is 0.706. The maximum atomic E-state index is 5.21. The largest absolute Gasteiger partial charge is 0.385 e. The first-order chi connectivity index (χ1) is 8.81. The van der Waals surface area contributed by atoms with Crippen LogP contribution in [-0.4, -0.2) is 65.1 Å². The zero-order valence-electron chi connectivity index (χ0n) is 12.3. The molecule has 1 N–H and O–H groups in total. The van der Waals surface area contributed by atoms with Gasteiger partial charge in [-0.25, -0.2) is 0 Å². The van der Waals surface area contributed by atoms with Crippen LogP contribution in [0.3, 0.4) is 0 Å². The van der Waals surface area contributed by atoms with E-state index in [1.807, 2.05) is 0 Å². The van der Waals surface area contributed by atoms with Crippen LogP contribution in [0.1, 0.15) is 25.7 Å². The highest BCUT2D eigenvalue weighted by Crippen LogP contribution is 2.26. The van der Waals surface area contributed by atoms with Crippen LogP contribution in [0.15, 0.2) is 0 Å². The van der Waals surface area contributed by atoms with Gasteiger partial charge in [-0.05, 0) is 32.2 Å². The van der Waals surface area contributed by atoms with Gasteiger partial charge in [0.1, 0.15) is 0 Å². The smallest absolute Gasteiger partial charge is 0.0589 e. The standard InChI is InChI=1S/C14H30N2O2/c1-15-14-7-4-6-13(14)12-16(9-11-18-3)8-5-10-17-2/h13-15H,4-12H2,1-3H3. The van der Waals surface area contributed by atoms with Gasteiger partial charge in [-0.1, -0.05) is 6.42 Å². The van der Waals surface area contributed by atoms with E-state index < -0.39 is 0 Å². The van der Waals surface area contributed by atoms with Gasteiger partial charge < -0.3 is 19.7 Å². The van der Waals surface area contributed by atoms with Crippen molar-refractivity contribution >= 4 is 0 Å². The molecule has 4 heteroatoms. The molecule has 0 amide bonds. The molecule has 4 nitrogen and oxygen atoms in total. The van der Waals surface area contributed by atoms with Crippen molar-refractivity contribution in [3.05, 3.63) is 0 Å². The first-order valence-corrected chi connectivity index (χ1v) is 7.19. The van der Waals surface area contributed by atoms with Crippen LogP contribution in [-0.2, 0) is 9.47 Å². The van der Waals surface area contributed by atoms with Crippen LogP contribution in [0.5, 0.6) is 0 Å². The molecule has 0 spiro atoms. The second-order valence-electron chi connectivity index (χ2n) is 5.23. The fourth-order valence-corrected chi connectivity index (χ4v) is 2.91. The van der Waals surface area contributed by atoms with Crippen molar-refractivity contribution in [2.45, 2.75) is 31.7 Å². The van der Waals surface area contributed by atoms with Crippen molar-refractivity contribution in [1.82, 2.24) is 10.2 Å². The molecule has 0 aliphatic heterocycles. The molecule has 1 aliphatic carbocycles. The number of methoxy groups -OCH3 is 2. The van der Waals surface area contributed by atoms with Gasteiger partial charge in [-0.3, -0.25) is 0 Å². The van der Waals surface area contributed by atoms with Crippen LogP contribution in [0.25, 0.3) is 0 Å². The molecule has 1 rings (SSSR count). The van der Waals surface area contributed by atoms with Gasteiger partial charge in [0.15, 0.2) is 0 Å². The summed E-state index contributed by atoms with van der Waals surface area (Å²) in [5, 5.41) is 3.46. The zero-order valence-corrected chi connectivity index (χ0v) is 12.3. The summed E-state index contributed by atoms with van der Waals surface area (Å²) < 4.78 is 10.3. The summed E-state index contributed by atoms with van der Waals surface area (Å²) >= 11 is 0. The second-order valence-corrected chi connectivity index (χ2v) is 5.23. The van der Waals surface area contributed by atoms with Crippen molar-refractivity contribution in [1.29, 1.82) is 0 Å². The molecule has 1 fully saturated rings. The van der Waals surface area contributed by atoms with E-state index in [1.165, 1.54) is 25.8 Å². The van der Waals surface area contributed by atoms with Crippen LogP contribution in [0.2, 0.25) is 0 Å². The van der Waals surface area contributed by atoms with Crippen molar-refractivity contribution < 1.29 is 9.47 Å². The molecule has 2 unspecified atom stereocenters. The highest BCUT2D eigenvalue weighted by atomic mass is 16.5. The summed E-state index contributed by atoms with van der Waals surface area (Å²) in [4.78, 5) is 2.53. The third-order valence-corrected chi connectivity index (χ3v) is 3.96. The molecular weight excluding hydrogens is 228 g/mol. The van der Waals surface area contributed by atoms with Gasteiger partial charge in [0.2, 0.25) is 0 Å². The Morgan fingerprint density at radius 3 is 2.56 bits per heavy atom. The zero-order chi connectivity index (χ0) is 13.2. The van der Waals surface area contributed by atoms with Crippen molar-refractivity contribution in [3.63, 3.8) is 0 Å². The third kappa shape index (κ3) is 5.65. The number of rotatable bonds is 10. The molecular formula is C14H30N2O2. The fraction of sp³-hybridized carbons (Fsp3) is 1.00. The quantitative estimate of drug-likeness (QED) is 0.600. The van der Waals surface area contributed by atoms with Gasteiger partial charge in [0, 0.05) is 46.5 Å². The Kier molecular flexibility index (Phi) is 8.59. The highest BCUT2D eigenvalue weighted by molar-refractivity contribution is 4.84. The number of hydrogen-bond acceptors (Lipinski definition) is 4. The van der Waals surface area contributed by atoms with Crippen LogP contribution < -0.4 is 5.32 Å². The van der Waals surface area contributed by atoms with Gasteiger partial charge in [0.25, 0.3) is 0 Å². The average molecular weight is 258 g/mol. The Labute approximate surface area is 112 Å². The van der Waals surface area contributed by atoms with Crippen molar-refractivity contribution in [3.8, 4) is 0 Å². The van der Waals surface area contributed by atoms with E-state index in [0.29, 0.717) is 6.04 Å². The van der Waals surface area contributed by atoms with Gasteiger partial charge in [0.05, 0.1) is 6.61 Å². The molecule has 0 aromatic heterocycles. The minimum Gasteiger partial charge on any atom is -0.385 e. The third-order valence-electron chi connectivity index (χ3n) is 3.96. The van der Waals surface area contributed by atoms with Crippen molar-refractivity contribution in [2.75, 3.05) is 54.1 Å². The second kappa shape index (κ2) is 9.73. The summed E-state index contributed by atoms with van der Waals surface area (Å²) in [7, 11) is 5.64. The SMILES string of the molecule is CNC1CCCC1CN(CCCOC)CCOC. The van der Waals surface area contributed by atoms with Crippen LogP contribution in [0, 0.1) is 5.92 Å². The lowest BCUT2D eigenvalue weighted by atomic mass is 10.0. The van der Waals surface area contributed by atoms with Crippen LogP contribution >= 0.6 is 0 Å². The van der Waals surface area contributed by atoms with E-state index in [-0.39, 0.29) is 0 Å². The molecule has 0 radical (unpaired) electrons. The molecule has 2 atom stereocenters. The van der Waals surface area contributed by atoms with Crippen molar-refractivity contribution in [2.24, 2.45) is 5.92 Å². The fourth-order valence-electron chi connectivity index (χ4n) is 2.91. The number of hydrogen-bond donors (Lipinski definition) is 1. The molecule has 18 heavy (non-hydrogen) atoms. The lowest BCUT2D eigenvalue weighted by Crippen LogP contribution is -2.39. The molecule has 0 heterocycles.